The van der Waals surface area contributed by atoms with Gasteiger partial charge in [-0.2, -0.15) is 0 Å². The Balaban J connectivity index is 2.54. The van der Waals surface area contributed by atoms with Crippen molar-refractivity contribution >= 4 is 25.2 Å². The summed E-state index contributed by atoms with van der Waals surface area (Å²) in [6.45, 7) is 2.04. The number of aromatic amines is 1. The van der Waals surface area contributed by atoms with Gasteiger partial charge in [0.2, 0.25) is 0 Å². The summed E-state index contributed by atoms with van der Waals surface area (Å²) < 4.78 is 1.19. The maximum Gasteiger partial charge on any atom is 0.189 e. The third-order valence-electron chi connectivity index (χ3n) is 1.50. The zero-order valence-electron chi connectivity index (χ0n) is 6.40. The van der Waals surface area contributed by atoms with Crippen LogP contribution in [-0.2, 0) is 0 Å². The molecule has 1 atom stereocenters. The molecule has 2 aromatic heterocycles. The molecule has 62 valence electrons. The minimum absolute atomic E-state index is 0.742. The zero-order chi connectivity index (χ0) is 8.55. The van der Waals surface area contributed by atoms with Gasteiger partial charge in [0.05, 0.1) is 4.88 Å². The summed E-state index contributed by atoms with van der Waals surface area (Å²) in [6.07, 6.45) is 0. The quantitative estimate of drug-likeness (QED) is 0.687. The number of H-pyrrole nitrogens is 1. The molecule has 0 saturated carbocycles. The molecular weight excluding hydrogens is 191 g/mol. The second-order valence-corrected chi connectivity index (χ2v) is 4.53. The van der Waals surface area contributed by atoms with Crippen molar-refractivity contribution in [2.45, 2.75) is 6.92 Å². The molecule has 1 unspecified atom stereocenters. The SMILES string of the molecule is Cc1cc(P)sc1-c1nnn[nH]1. The Hall–Kier alpha value is -0.800. The van der Waals surface area contributed by atoms with Crippen LogP contribution in [0.15, 0.2) is 6.07 Å². The molecule has 12 heavy (non-hydrogen) atoms. The van der Waals surface area contributed by atoms with Crippen LogP contribution in [0.1, 0.15) is 5.56 Å². The maximum absolute atomic E-state index is 3.85. The monoisotopic (exact) mass is 198 g/mol. The summed E-state index contributed by atoms with van der Waals surface area (Å²) in [7, 11) is 2.67. The summed E-state index contributed by atoms with van der Waals surface area (Å²) in [5.74, 6) is 0.742. The number of nitrogens with zero attached hydrogens (tertiary/aromatic N) is 3. The van der Waals surface area contributed by atoms with E-state index in [-0.39, 0.29) is 0 Å². The van der Waals surface area contributed by atoms with Crippen molar-refractivity contribution in [3.8, 4) is 10.7 Å². The van der Waals surface area contributed by atoms with E-state index in [0.29, 0.717) is 0 Å². The smallest absolute Gasteiger partial charge is 0.189 e. The van der Waals surface area contributed by atoms with Crippen LogP contribution in [0.25, 0.3) is 10.7 Å². The standard InChI is InChI=1S/C6H7N4PS/c1-3-2-4(11)12-5(3)6-7-9-10-8-6/h2H,11H2,1H3,(H,7,8,9,10). The number of aromatic nitrogens is 4. The molecule has 2 heterocycles. The average Bonchev–Trinajstić information content (AvgIpc) is 2.58. The van der Waals surface area contributed by atoms with Crippen LogP contribution < -0.4 is 4.62 Å². The molecular formula is C6H7N4PS. The van der Waals surface area contributed by atoms with E-state index in [1.807, 2.05) is 6.92 Å². The van der Waals surface area contributed by atoms with Gasteiger partial charge in [-0.05, 0) is 29.0 Å². The van der Waals surface area contributed by atoms with E-state index in [2.05, 4.69) is 35.9 Å². The van der Waals surface area contributed by atoms with Gasteiger partial charge >= 0.3 is 0 Å². The van der Waals surface area contributed by atoms with Crippen molar-refractivity contribution in [3.63, 3.8) is 0 Å². The van der Waals surface area contributed by atoms with E-state index < -0.39 is 0 Å². The first kappa shape index (κ1) is 7.83. The van der Waals surface area contributed by atoms with Gasteiger partial charge in [0, 0.05) is 4.62 Å². The van der Waals surface area contributed by atoms with Crippen LogP contribution in [-0.4, -0.2) is 20.6 Å². The van der Waals surface area contributed by atoms with Gasteiger partial charge in [0.25, 0.3) is 0 Å². The Labute approximate surface area is 75.6 Å². The van der Waals surface area contributed by atoms with Crippen molar-refractivity contribution < 1.29 is 0 Å². The minimum Gasteiger partial charge on any atom is -0.238 e. The van der Waals surface area contributed by atoms with Crippen LogP contribution in [0.3, 0.4) is 0 Å². The Morgan fingerprint density at radius 3 is 2.92 bits per heavy atom. The second-order valence-electron chi connectivity index (χ2n) is 2.41. The van der Waals surface area contributed by atoms with Gasteiger partial charge in [-0.1, -0.05) is 9.24 Å². The first-order chi connectivity index (χ1) is 5.77. The fourth-order valence-electron chi connectivity index (χ4n) is 0.997. The Morgan fingerprint density at radius 1 is 1.58 bits per heavy atom. The van der Waals surface area contributed by atoms with Gasteiger partial charge in [-0.25, -0.2) is 5.10 Å². The van der Waals surface area contributed by atoms with E-state index in [9.17, 15) is 0 Å². The number of aryl methyl sites for hydroxylation is 1. The van der Waals surface area contributed by atoms with Crippen molar-refractivity contribution in [3.05, 3.63) is 11.6 Å². The summed E-state index contributed by atoms with van der Waals surface area (Å²) in [6, 6.07) is 2.09. The predicted octanol–water partition coefficient (Wildman–Crippen LogP) is 0.737. The molecule has 1 N–H and O–H groups in total. The second kappa shape index (κ2) is 2.92. The molecule has 0 saturated heterocycles. The number of rotatable bonds is 1. The molecule has 0 aromatic carbocycles. The van der Waals surface area contributed by atoms with Gasteiger partial charge in [-0.3, -0.25) is 0 Å². The lowest BCUT2D eigenvalue weighted by molar-refractivity contribution is 0.881. The molecule has 2 rings (SSSR count). The molecule has 0 amide bonds. The lowest BCUT2D eigenvalue weighted by Crippen LogP contribution is -1.77. The predicted molar refractivity (Wildman–Crippen MR) is 51.6 cm³/mol. The maximum atomic E-state index is 3.85. The van der Waals surface area contributed by atoms with E-state index in [4.69, 9.17) is 0 Å². The fraction of sp³-hybridized carbons (Fsp3) is 0.167. The Kier molecular flexibility index (Phi) is 1.90. The lowest BCUT2D eigenvalue weighted by atomic mass is 10.3. The third kappa shape index (κ3) is 1.26. The van der Waals surface area contributed by atoms with Gasteiger partial charge < -0.3 is 0 Å². The van der Waals surface area contributed by atoms with Crippen molar-refractivity contribution in [2.24, 2.45) is 0 Å². The number of nitrogens with one attached hydrogen (secondary N) is 1. The highest BCUT2D eigenvalue weighted by Crippen LogP contribution is 2.24. The van der Waals surface area contributed by atoms with E-state index in [1.165, 1.54) is 10.2 Å². The van der Waals surface area contributed by atoms with E-state index in [1.54, 1.807) is 11.3 Å². The normalized spacial score (nSPS) is 10.5. The van der Waals surface area contributed by atoms with Crippen LogP contribution in [0.2, 0.25) is 0 Å². The molecule has 0 aliphatic carbocycles. The molecule has 0 aliphatic heterocycles. The summed E-state index contributed by atoms with van der Waals surface area (Å²) >= 11 is 1.66. The molecule has 0 bridgehead atoms. The molecule has 6 heteroatoms. The average molecular weight is 198 g/mol. The van der Waals surface area contributed by atoms with Crippen LogP contribution in [0.4, 0.5) is 0 Å². The summed E-state index contributed by atoms with van der Waals surface area (Å²) in [5.41, 5.74) is 1.20. The number of hydrogen-bond donors (Lipinski definition) is 1. The summed E-state index contributed by atoms with van der Waals surface area (Å²) in [5, 5.41) is 13.6. The minimum atomic E-state index is 0.742. The van der Waals surface area contributed by atoms with Gasteiger partial charge in [0.15, 0.2) is 5.82 Å². The molecule has 4 nitrogen and oxygen atoms in total. The van der Waals surface area contributed by atoms with Crippen molar-refractivity contribution in [2.75, 3.05) is 0 Å². The Bertz CT molecular complexity index is 380. The highest BCUT2D eigenvalue weighted by Gasteiger charge is 2.08. The van der Waals surface area contributed by atoms with Crippen LogP contribution in [0.5, 0.6) is 0 Å². The topological polar surface area (TPSA) is 54.5 Å². The fourth-order valence-corrected chi connectivity index (χ4v) is 2.48. The molecule has 0 aliphatic rings. The van der Waals surface area contributed by atoms with E-state index in [0.717, 1.165) is 10.7 Å². The van der Waals surface area contributed by atoms with Crippen LogP contribution >= 0.6 is 20.6 Å². The number of thiophene rings is 1. The highest BCUT2D eigenvalue weighted by atomic mass is 32.1. The Morgan fingerprint density at radius 2 is 2.42 bits per heavy atom. The van der Waals surface area contributed by atoms with Crippen molar-refractivity contribution in [1.29, 1.82) is 0 Å². The largest absolute Gasteiger partial charge is 0.238 e. The van der Waals surface area contributed by atoms with Gasteiger partial charge in [-0.15, -0.1) is 16.4 Å². The molecule has 0 fully saturated rings. The number of tetrazole rings is 1. The molecule has 2 aromatic rings. The van der Waals surface area contributed by atoms with Crippen LogP contribution in [0, 0.1) is 6.92 Å². The third-order valence-corrected chi connectivity index (χ3v) is 3.09. The lowest BCUT2D eigenvalue weighted by Gasteiger charge is -1.88. The zero-order valence-corrected chi connectivity index (χ0v) is 8.38. The molecule has 0 spiro atoms. The van der Waals surface area contributed by atoms with Crippen molar-refractivity contribution in [1.82, 2.24) is 20.6 Å². The highest BCUT2D eigenvalue weighted by molar-refractivity contribution is 7.44. The first-order valence-electron chi connectivity index (χ1n) is 3.37. The number of hydrogen-bond acceptors (Lipinski definition) is 4. The van der Waals surface area contributed by atoms with E-state index >= 15 is 0 Å². The summed E-state index contributed by atoms with van der Waals surface area (Å²) in [4.78, 5) is 1.10. The first-order valence-corrected chi connectivity index (χ1v) is 4.77. The van der Waals surface area contributed by atoms with Gasteiger partial charge in [0.1, 0.15) is 0 Å². The molecule has 0 radical (unpaired) electrons.